The number of piperidine rings is 1. The zero-order valence-electron chi connectivity index (χ0n) is 11.6. The minimum Gasteiger partial charge on any atom is -0.497 e. The highest BCUT2D eigenvalue weighted by molar-refractivity contribution is 5.48. The van der Waals surface area contributed by atoms with Crippen molar-refractivity contribution in [3.63, 3.8) is 0 Å². The second-order valence-electron chi connectivity index (χ2n) is 5.32. The van der Waals surface area contributed by atoms with E-state index >= 15 is 0 Å². The Morgan fingerprint density at radius 3 is 2.67 bits per heavy atom. The molecule has 0 aromatic heterocycles. The molecule has 1 aromatic rings. The Balaban J connectivity index is 1.91. The van der Waals surface area contributed by atoms with Gasteiger partial charge in [0.25, 0.3) is 0 Å². The number of hydrogen-bond donors (Lipinski definition) is 1. The molecule has 0 bridgehead atoms. The molecule has 0 aliphatic carbocycles. The molecule has 0 amide bonds. The first-order valence-electron chi connectivity index (χ1n) is 6.77. The van der Waals surface area contributed by atoms with Crippen molar-refractivity contribution in [2.24, 2.45) is 5.92 Å². The van der Waals surface area contributed by atoms with E-state index in [1.165, 1.54) is 18.5 Å². The molecule has 2 atom stereocenters. The first-order valence-corrected chi connectivity index (χ1v) is 6.77. The molecule has 0 saturated carbocycles. The Morgan fingerprint density at radius 2 is 2.06 bits per heavy atom. The molecule has 2 unspecified atom stereocenters. The van der Waals surface area contributed by atoms with Gasteiger partial charge in [-0.05, 0) is 56.5 Å². The van der Waals surface area contributed by atoms with Crippen LogP contribution < -0.4 is 15.0 Å². The summed E-state index contributed by atoms with van der Waals surface area (Å²) in [5.74, 6) is 1.72. The number of anilines is 1. The smallest absolute Gasteiger partial charge is 0.119 e. The van der Waals surface area contributed by atoms with Gasteiger partial charge in [0.2, 0.25) is 0 Å². The SMILES string of the molecule is COc1ccc(N(C)CC2CCNC(C)C2)cc1. The van der Waals surface area contributed by atoms with Crippen molar-refractivity contribution < 1.29 is 4.74 Å². The Bertz CT molecular complexity index is 363. The van der Waals surface area contributed by atoms with E-state index < -0.39 is 0 Å². The summed E-state index contributed by atoms with van der Waals surface area (Å²) in [5.41, 5.74) is 1.27. The van der Waals surface area contributed by atoms with Crippen molar-refractivity contribution >= 4 is 5.69 Å². The minimum atomic E-state index is 0.660. The van der Waals surface area contributed by atoms with Gasteiger partial charge in [-0.25, -0.2) is 0 Å². The molecule has 1 heterocycles. The molecule has 3 nitrogen and oxygen atoms in total. The van der Waals surface area contributed by atoms with E-state index in [0.717, 1.165) is 24.8 Å². The van der Waals surface area contributed by atoms with Crippen molar-refractivity contribution in [1.29, 1.82) is 0 Å². The molecule has 0 radical (unpaired) electrons. The van der Waals surface area contributed by atoms with Crippen molar-refractivity contribution in [1.82, 2.24) is 5.32 Å². The first kappa shape index (κ1) is 13.2. The molecule has 0 spiro atoms. The third-order valence-electron chi connectivity index (χ3n) is 3.78. The Kier molecular flexibility index (Phi) is 4.48. The maximum atomic E-state index is 5.19. The average Bonchev–Trinajstić information content (AvgIpc) is 2.39. The van der Waals surface area contributed by atoms with Crippen molar-refractivity contribution in [3.8, 4) is 5.75 Å². The number of ether oxygens (including phenoxy) is 1. The van der Waals surface area contributed by atoms with Gasteiger partial charge in [-0.15, -0.1) is 0 Å². The number of rotatable bonds is 4. The Hall–Kier alpha value is -1.22. The number of nitrogens with zero attached hydrogens (tertiary/aromatic N) is 1. The van der Waals surface area contributed by atoms with Crippen molar-refractivity contribution in [2.45, 2.75) is 25.8 Å². The van der Waals surface area contributed by atoms with E-state index in [9.17, 15) is 0 Å². The molecule has 1 aliphatic heterocycles. The highest BCUT2D eigenvalue weighted by atomic mass is 16.5. The fourth-order valence-electron chi connectivity index (χ4n) is 2.73. The molecule has 100 valence electrons. The van der Waals surface area contributed by atoms with Gasteiger partial charge in [0.15, 0.2) is 0 Å². The third-order valence-corrected chi connectivity index (χ3v) is 3.78. The van der Waals surface area contributed by atoms with Gasteiger partial charge in [-0.3, -0.25) is 0 Å². The summed E-state index contributed by atoms with van der Waals surface area (Å²) in [6, 6.07) is 8.97. The predicted molar refractivity (Wildman–Crippen MR) is 76.5 cm³/mol. The third kappa shape index (κ3) is 3.39. The summed E-state index contributed by atoms with van der Waals surface area (Å²) in [7, 11) is 3.88. The van der Waals surface area contributed by atoms with Crippen LogP contribution in [0.15, 0.2) is 24.3 Å². The maximum absolute atomic E-state index is 5.19. The van der Waals surface area contributed by atoms with Crippen LogP contribution in [-0.2, 0) is 0 Å². The lowest BCUT2D eigenvalue weighted by atomic mass is 9.93. The molecular weight excluding hydrogens is 224 g/mol. The fourth-order valence-corrected chi connectivity index (χ4v) is 2.73. The normalized spacial score (nSPS) is 23.7. The summed E-state index contributed by atoms with van der Waals surface area (Å²) in [5, 5.41) is 3.50. The molecular formula is C15H24N2O. The quantitative estimate of drug-likeness (QED) is 0.886. The molecule has 2 rings (SSSR count). The highest BCUT2D eigenvalue weighted by Gasteiger charge is 2.19. The number of nitrogens with one attached hydrogen (secondary N) is 1. The van der Waals surface area contributed by atoms with E-state index in [-0.39, 0.29) is 0 Å². The first-order chi connectivity index (χ1) is 8.69. The van der Waals surface area contributed by atoms with Gasteiger partial charge in [-0.1, -0.05) is 0 Å². The van der Waals surface area contributed by atoms with E-state index in [4.69, 9.17) is 4.74 Å². The monoisotopic (exact) mass is 248 g/mol. The Morgan fingerprint density at radius 1 is 1.33 bits per heavy atom. The highest BCUT2D eigenvalue weighted by Crippen LogP contribution is 2.22. The summed E-state index contributed by atoms with van der Waals surface area (Å²) in [6.07, 6.45) is 2.56. The Labute approximate surface area is 110 Å². The number of benzene rings is 1. The summed E-state index contributed by atoms with van der Waals surface area (Å²) >= 11 is 0. The van der Waals surface area contributed by atoms with Crippen LogP contribution in [0.2, 0.25) is 0 Å². The van der Waals surface area contributed by atoms with Gasteiger partial charge in [0, 0.05) is 25.3 Å². The molecule has 3 heteroatoms. The van der Waals surface area contributed by atoms with Crippen LogP contribution >= 0.6 is 0 Å². The topological polar surface area (TPSA) is 24.5 Å². The molecule has 18 heavy (non-hydrogen) atoms. The van der Waals surface area contributed by atoms with Crippen LogP contribution in [0, 0.1) is 5.92 Å². The zero-order valence-corrected chi connectivity index (χ0v) is 11.6. The van der Waals surface area contributed by atoms with E-state index in [2.05, 4.69) is 36.3 Å². The van der Waals surface area contributed by atoms with Crippen molar-refractivity contribution in [2.75, 3.05) is 32.1 Å². The number of hydrogen-bond acceptors (Lipinski definition) is 3. The predicted octanol–water partition coefficient (Wildman–Crippen LogP) is 2.52. The van der Waals surface area contributed by atoms with Crippen LogP contribution in [0.4, 0.5) is 5.69 Å². The van der Waals surface area contributed by atoms with Gasteiger partial charge in [0.1, 0.15) is 5.75 Å². The van der Waals surface area contributed by atoms with Crippen LogP contribution in [0.5, 0.6) is 5.75 Å². The molecule has 1 N–H and O–H groups in total. The van der Waals surface area contributed by atoms with E-state index in [1.54, 1.807) is 7.11 Å². The lowest BCUT2D eigenvalue weighted by molar-refractivity contribution is 0.319. The maximum Gasteiger partial charge on any atom is 0.119 e. The van der Waals surface area contributed by atoms with Crippen molar-refractivity contribution in [3.05, 3.63) is 24.3 Å². The molecule has 1 aliphatic rings. The van der Waals surface area contributed by atoms with Gasteiger partial charge in [0.05, 0.1) is 7.11 Å². The molecule has 1 fully saturated rings. The van der Waals surface area contributed by atoms with E-state index in [1.807, 2.05) is 12.1 Å². The largest absolute Gasteiger partial charge is 0.497 e. The van der Waals surface area contributed by atoms with Gasteiger partial charge in [-0.2, -0.15) is 0 Å². The average molecular weight is 248 g/mol. The standard InChI is InChI=1S/C15H24N2O/c1-12-10-13(8-9-16-12)11-17(2)14-4-6-15(18-3)7-5-14/h4-7,12-13,16H,8-11H2,1-3H3. The van der Waals surface area contributed by atoms with Crippen LogP contribution in [0.3, 0.4) is 0 Å². The molecule has 1 aromatic carbocycles. The summed E-state index contributed by atoms with van der Waals surface area (Å²) < 4.78 is 5.19. The lowest BCUT2D eigenvalue weighted by Gasteiger charge is -2.32. The van der Waals surface area contributed by atoms with Gasteiger partial charge < -0.3 is 15.0 Å². The fraction of sp³-hybridized carbons (Fsp3) is 0.600. The summed E-state index contributed by atoms with van der Waals surface area (Å²) in [6.45, 7) is 4.57. The van der Waals surface area contributed by atoms with Gasteiger partial charge >= 0.3 is 0 Å². The summed E-state index contributed by atoms with van der Waals surface area (Å²) in [4.78, 5) is 2.35. The van der Waals surface area contributed by atoms with Crippen LogP contribution in [0.25, 0.3) is 0 Å². The minimum absolute atomic E-state index is 0.660. The second kappa shape index (κ2) is 6.10. The zero-order chi connectivity index (χ0) is 13.0. The second-order valence-corrected chi connectivity index (χ2v) is 5.32. The van der Waals surface area contributed by atoms with Crippen LogP contribution in [-0.4, -0.2) is 33.3 Å². The lowest BCUT2D eigenvalue weighted by Crippen LogP contribution is -2.39. The number of methoxy groups -OCH3 is 1. The van der Waals surface area contributed by atoms with E-state index in [0.29, 0.717) is 6.04 Å². The van der Waals surface area contributed by atoms with Crippen LogP contribution in [0.1, 0.15) is 19.8 Å². The molecule has 1 saturated heterocycles.